The first-order valence-electron chi connectivity index (χ1n) is 5.97. The highest BCUT2D eigenvalue weighted by Crippen LogP contribution is 2.34. The van der Waals surface area contributed by atoms with E-state index in [1.165, 1.54) is 6.42 Å². The van der Waals surface area contributed by atoms with Crippen LogP contribution in [0.1, 0.15) is 32.6 Å². The smallest absolute Gasteiger partial charge is 0.239 e. The van der Waals surface area contributed by atoms with E-state index in [0.717, 1.165) is 19.3 Å². The molecule has 1 heterocycles. The molecule has 1 saturated carbocycles. The molecule has 0 radical (unpaired) electrons. The molecule has 1 atom stereocenters. The lowest BCUT2D eigenvalue weighted by molar-refractivity contribution is -0.128. The normalized spacial score (nSPS) is 27.8. The number of rotatable bonds is 3. The summed E-state index contributed by atoms with van der Waals surface area (Å²) in [6, 6.07) is -0.276. The molecule has 3 N–H and O–H groups in total. The topological polar surface area (TPSA) is 70.2 Å². The predicted octanol–water partition coefficient (Wildman–Crippen LogP) is -0.477. The van der Waals surface area contributed by atoms with E-state index in [1.807, 2.05) is 0 Å². The summed E-state index contributed by atoms with van der Waals surface area (Å²) >= 11 is 0. The fraction of sp³-hybridized carbons (Fsp3) is 0.818. The van der Waals surface area contributed by atoms with E-state index in [2.05, 4.69) is 22.9 Å². The van der Waals surface area contributed by atoms with Crippen LogP contribution in [0.15, 0.2) is 0 Å². The number of hydrogen-bond donors (Lipinski definition) is 3. The molecule has 0 spiro atoms. The van der Waals surface area contributed by atoms with Gasteiger partial charge in [-0.2, -0.15) is 0 Å². The molecule has 5 nitrogen and oxygen atoms in total. The van der Waals surface area contributed by atoms with Crippen LogP contribution in [0.5, 0.6) is 0 Å². The monoisotopic (exact) mass is 225 g/mol. The Morgan fingerprint density at radius 1 is 1.56 bits per heavy atom. The third kappa shape index (κ3) is 2.19. The number of carbonyl (C=O) groups is 2. The van der Waals surface area contributed by atoms with Gasteiger partial charge in [-0.25, -0.2) is 0 Å². The Bertz CT molecular complexity index is 284. The van der Waals surface area contributed by atoms with Crippen molar-refractivity contribution < 1.29 is 9.59 Å². The van der Waals surface area contributed by atoms with Crippen LogP contribution in [0.2, 0.25) is 0 Å². The average molecular weight is 225 g/mol. The maximum absolute atomic E-state index is 11.9. The quantitative estimate of drug-likeness (QED) is 0.608. The van der Waals surface area contributed by atoms with Crippen LogP contribution in [0, 0.1) is 0 Å². The number of hydrogen-bond acceptors (Lipinski definition) is 3. The summed E-state index contributed by atoms with van der Waals surface area (Å²) < 4.78 is 0. The SMILES string of the molecule is CCC1(NC(=O)C2CNC(=O)CN2)CCC1. The van der Waals surface area contributed by atoms with Gasteiger partial charge in [-0.3, -0.25) is 14.9 Å². The Kier molecular flexibility index (Phi) is 3.14. The minimum Gasteiger partial charge on any atom is -0.353 e. The van der Waals surface area contributed by atoms with Gasteiger partial charge in [0.15, 0.2) is 0 Å². The summed E-state index contributed by atoms with van der Waals surface area (Å²) in [5.41, 5.74) is 0.0280. The molecule has 2 rings (SSSR count). The van der Waals surface area contributed by atoms with Crippen LogP contribution in [-0.4, -0.2) is 36.5 Å². The van der Waals surface area contributed by atoms with E-state index in [1.54, 1.807) is 0 Å². The Balaban J connectivity index is 1.85. The molecule has 5 heteroatoms. The molecule has 1 aliphatic carbocycles. The van der Waals surface area contributed by atoms with E-state index in [-0.39, 0.29) is 29.9 Å². The molecular weight excluding hydrogens is 206 g/mol. The van der Waals surface area contributed by atoms with Crippen molar-refractivity contribution in [3.05, 3.63) is 0 Å². The number of amides is 2. The molecule has 16 heavy (non-hydrogen) atoms. The molecule has 1 aliphatic heterocycles. The van der Waals surface area contributed by atoms with E-state index < -0.39 is 0 Å². The highest BCUT2D eigenvalue weighted by atomic mass is 16.2. The van der Waals surface area contributed by atoms with Crippen molar-refractivity contribution in [1.29, 1.82) is 0 Å². The zero-order chi connectivity index (χ0) is 11.6. The van der Waals surface area contributed by atoms with Gasteiger partial charge in [-0.05, 0) is 25.7 Å². The predicted molar refractivity (Wildman–Crippen MR) is 59.8 cm³/mol. The van der Waals surface area contributed by atoms with Gasteiger partial charge in [0.05, 0.1) is 6.54 Å². The summed E-state index contributed by atoms with van der Waals surface area (Å²) in [4.78, 5) is 22.9. The Morgan fingerprint density at radius 2 is 2.31 bits per heavy atom. The molecule has 2 aliphatic rings. The van der Waals surface area contributed by atoms with Crippen LogP contribution in [0.4, 0.5) is 0 Å². The summed E-state index contributed by atoms with van der Waals surface area (Å²) in [7, 11) is 0. The van der Waals surface area contributed by atoms with Gasteiger partial charge in [0, 0.05) is 12.1 Å². The third-order valence-electron chi connectivity index (χ3n) is 3.70. The lowest BCUT2D eigenvalue weighted by atomic mass is 9.74. The maximum Gasteiger partial charge on any atom is 0.239 e. The van der Waals surface area contributed by atoms with Gasteiger partial charge in [-0.1, -0.05) is 6.92 Å². The standard InChI is InChI=1S/C11H19N3O2/c1-2-11(4-3-5-11)14-10(16)8-6-13-9(15)7-12-8/h8,12H,2-7H2,1H3,(H,13,15)(H,14,16). The first kappa shape index (κ1) is 11.4. The maximum atomic E-state index is 11.9. The summed E-state index contributed by atoms with van der Waals surface area (Å²) in [5.74, 6) is -0.0283. The van der Waals surface area contributed by atoms with Gasteiger partial charge >= 0.3 is 0 Å². The summed E-state index contributed by atoms with van der Waals surface area (Å²) in [6.07, 6.45) is 4.34. The summed E-state index contributed by atoms with van der Waals surface area (Å²) in [5, 5.41) is 8.74. The molecule has 0 aromatic carbocycles. The van der Waals surface area contributed by atoms with E-state index in [4.69, 9.17) is 0 Å². The van der Waals surface area contributed by atoms with Crippen molar-refractivity contribution in [2.24, 2.45) is 0 Å². The number of carbonyl (C=O) groups excluding carboxylic acids is 2. The fourth-order valence-electron chi connectivity index (χ4n) is 2.27. The van der Waals surface area contributed by atoms with Gasteiger partial charge in [0.2, 0.25) is 11.8 Å². The lowest BCUT2D eigenvalue weighted by Gasteiger charge is -2.43. The zero-order valence-corrected chi connectivity index (χ0v) is 9.64. The van der Waals surface area contributed by atoms with Crippen LogP contribution >= 0.6 is 0 Å². The first-order chi connectivity index (χ1) is 7.65. The third-order valence-corrected chi connectivity index (χ3v) is 3.70. The van der Waals surface area contributed by atoms with Gasteiger partial charge in [-0.15, -0.1) is 0 Å². The number of nitrogens with one attached hydrogen (secondary N) is 3. The lowest BCUT2D eigenvalue weighted by Crippen LogP contribution is -2.63. The second-order valence-corrected chi connectivity index (χ2v) is 4.71. The molecule has 0 aromatic heterocycles. The van der Waals surface area contributed by atoms with Crippen LogP contribution in [-0.2, 0) is 9.59 Å². The molecule has 0 aromatic rings. The highest BCUT2D eigenvalue weighted by molar-refractivity contribution is 5.87. The molecule has 90 valence electrons. The van der Waals surface area contributed by atoms with Crippen molar-refractivity contribution >= 4 is 11.8 Å². The Labute approximate surface area is 95.3 Å². The second-order valence-electron chi connectivity index (χ2n) is 4.71. The molecular formula is C11H19N3O2. The van der Waals surface area contributed by atoms with Crippen LogP contribution in [0.25, 0.3) is 0 Å². The van der Waals surface area contributed by atoms with Crippen LogP contribution in [0.3, 0.4) is 0 Å². The van der Waals surface area contributed by atoms with Gasteiger partial charge in [0.25, 0.3) is 0 Å². The average Bonchev–Trinajstić information content (AvgIpc) is 2.24. The fourth-order valence-corrected chi connectivity index (χ4v) is 2.27. The van der Waals surface area contributed by atoms with Crippen molar-refractivity contribution in [2.75, 3.05) is 13.1 Å². The minimum atomic E-state index is -0.276. The highest BCUT2D eigenvalue weighted by Gasteiger charge is 2.38. The first-order valence-corrected chi connectivity index (χ1v) is 5.97. The van der Waals surface area contributed by atoms with Crippen molar-refractivity contribution in [3.8, 4) is 0 Å². The molecule has 2 amide bonds. The molecule has 1 unspecified atom stereocenters. The number of piperazine rings is 1. The molecule has 2 fully saturated rings. The van der Waals surface area contributed by atoms with Gasteiger partial charge < -0.3 is 10.6 Å². The van der Waals surface area contributed by atoms with Crippen LogP contribution < -0.4 is 16.0 Å². The van der Waals surface area contributed by atoms with Crippen molar-refractivity contribution in [1.82, 2.24) is 16.0 Å². The molecule has 1 saturated heterocycles. The van der Waals surface area contributed by atoms with Gasteiger partial charge in [0.1, 0.15) is 6.04 Å². The largest absolute Gasteiger partial charge is 0.353 e. The van der Waals surface area contributed by atoms with E-state index in [0.29, 0.717) is 6.54 Å². The van der Waals surface area contributed by atoms with Crippen molar-refractivity contribution in [3.63, 3.8) is 0 Å². The minimum absolute atomic E-state index is 0.0153. The zero-order valence-electron chi connectivity index (χ0n) is 9.64. The summed E-state index contributed by atoms with van der Waals surface area (Å²) in [6.45, 7) is 2.73. The molecule has 0 bridgehead atoms. The van der Waals surface area contributed by atoms with E-state index in [9.17, 15) is 9.59 Å². The Morgan fingerprint density at radius 3 is 2.75 bits per heavy atom. The van der Waals surface area contributed by atoms with E-state index >= 15 is 0 Å². The second kappa shape index (κ2) is 4.41. The van der Waals surface area contributed by atoms with Crippen molar-refractivity contribution in [2.45, 2.75) is 44.2 Å². The Hall–Kier alpha value is -1.10.